The minimum Gasteiger partial charge on any atom is -0.357 e. The van der Waals surface area contributed by atoms with Crippen molar-refractivity contribution in [3.8, 4) is 0 Å². The summed E-state index contributed by atoms with van der Waals surface area (Å²) < 4.78 is 10.8. The van der Waals surface area contributed by atoms with E-state index in [1.54, 1.807) is 0 Å². The van der Waals surface area contributed by atoms with Crippen molar-refractivity contribution in [1.29, 1.82) is 0 Å². The Balaban J connectivity index is 3.44. The molecule has 0 aromatic carbocycles. The van der Waals surface area contributed by atoms with E-state index in [9.17, 15) is 4.79 Å². The van der Waals surface area contributed by atoms with Crippen LogP contribution in [0.5, 0.6) is 0 Å². The Kier molecular flexibility index (Phi) is 10.2. The number of hydrogen-bond donors (Lipinski definition) is 0. The minimum absolute atomic E-state index is 0.0326. The number of rotatable bonds is 9. The maximum Gasteiger partial charge on any atom is 0.234 e. The van der Waals surface area contributed by atoms with Crippen LogP contribution in [-0.4, -0.2) is 41.3 Å². The van der Waals surface area contributed by atoms with Crippen LogP contribution in [0, 0.1) is 0 Å². The van der Waals surface area contributed by atoms with Crippen molar-refractivity contribution in [2.24, 2.45) is 4.99 Å². The molecular weight excluding hydrogens is 198 g/mol. The summed E-state index contributed by atoms with van der Waals surface area (Å²) in [7, 11) is -0.359. The van der Waals surface area contributed by atoms with Crippen molar-refractivity contribution in [3.63, 3.8) is 0 Å². The molecule has 0 spiro atoms. The SMILES string of the molecule is CCOC(OCC)[SiH2]CCCN=C=O. The van der Waals surface area contributed by atoms with Gasteiger partial charge in [0.1, 0.15) is 5.91 Å². The highest BCUT2D eigenvalue weighted by atomic mass is 28.2. The maximum atomic E-state index is 9.78. The van der Waals surface area contributed by atoms with Gasteiger partial charge in [0.25, 0.3) is 0 Å². The summed E-state index contributed by atoms with van der Waals surface area (Å²) in [5, 5.41) is 0. The van der Waals surface area contributed by atoms with Crippen molar-refractivity contribution in [3.05, 3.63) is 0 Å². The third-order valence-corrected chi connectivity index (χ3v) is 3.58. The van der Waals surface area contributed by atoms with Gasteiger partial charge in [-0.2, -0.15) is 0 Å². The van der Waals surface area contributed by atoms with Crippen molar-refractivity contribution < 1.29 is 14.3 Å². The van der Waals surface area contributed by atoms with Crippen molar-refractivity contribution in [2.75, 3.05) is 19.8 Å². The first-order valence-electron chi connectivity index (χ1n) is 5.12. The highest BCUT2D eigenvalue weighted by Gasteiger charge is 2.07. The Morgan fingerprint density at radius 2 is 2.00 bits per heavy atom. The number of hydrogen-bond acceptors (Lipinski definition) is 4. The van der Waals surface area contributed by atoms with Gasteiger partial charge in [-0.25, -0.2) is 9.79 Å². The summed E-state index contributed by atoms with van der Waals surface area (Å²) in [6, 6.07) is 1.09. The van der Waals surface area contributed by atoms with Crippen LogP contribution in [0.15, 0.2) is 4.99 Å². The summed E-state index contributed by atoms with van der Waals surface area (Å²) in [5.41, 5.74) is 0. The lowest BCUT2D eigenvalue weighted by molar-refractivity contribution is -0.0827. The zero-order valence-electron chi connectivity index (χ0n) is 8.99. The molecule has 0 fully saturated rings. The Morgan fingerprint density at radius 3 is 2.50 bits per heavy atom. The second-order valence-electron chi connectivity index (χ2n) is 2.81. The number of aliphatic imine (C=N–C) groups is 1. The molecule has 4 nitrogen and oxygen atoms in total. The molecule has 14 heavy (non-hydrogen) atoms. The van der Waals surface area contributed by atoms with E-state index < -0.39 is 0 Å². The van der Waals surface area contributed by atoms with Gasteiger partial charge in [0.15, 0.2) is 0 Å². The Hall–Kier alpha value is -0.483. The van der Waals surface area contributed by atoms with Gasteiger partial charge in [0.2, 0.25) is 6.08 Å². The second-order valence-corrected chi connectivity index (χ2v) is 4.76. The summed E-state index contributed by atoms with van der Waals surface area (Å²) in [5.74, 6) is 0.0326. The van der Waals surface area contributed by atoms with Crippen LogP contribution in [-0.2, 0) is 14.3 Å². The summed E-state index contributed by atoms with van der Waals surface area (Å²) >= 11 is 0. The number of ether oxygens (including phenoxy) is 2. The molecule has 0 saturated carbocycles. The average Bonchev–Trinajstić information content (AvgIpc) is 2.18. The lowest BCUT2D eigenvalue weighted by atomic mass is 10.5. The predicted molar refractivity (Wildman–Crippen MR) is 58.0 cm³/mol. The molecule has 0 radical (unpaired) electrons. The summed E-state index contributed by atoms with van der Waals surface area (Å²) in [4.78, 5) is 13.3. The van der Waals surface area contributed by atoms with Crippen LogP contribution in [0.4, 0.5) is 0 Å². The number of carbonyl (C=O) groups excluding carboxylic acids is 1. The van der Waals surface area contributed by atoms with Crippen LogP contribution in [0.25, 0.3) is 0 Å². The molecule has 82 valence electrons. The van der Waals surface area contributed by atoms with Crippen molar-refractivity contribution in [2.45, 2.75) is 32.2 Å². The molecule has 5 heteroatoms. The van der Waals surface area contributed by atoms with Crippen molar-refractivity contribution >= 4 is 15.6 Å². The lowest BCUT2D eigenvalue weighted by Crippen LogP contribution is -2.24. The molecule has 0 rings (SSSR count). The lowest BCUT2D eigenvalue weighted by Gasteiger charge is -2.15. The molecule has 0 aliphatic rings. The van der Waals surface area contributed by atoms with Gasteiger partial charge >= 0.3 is 0 Å². The molecule has 0 atom stereocenters. The molecule has 0 N–H and O–H groups in total. The van der Waals surface area contributed by atoms with E-state index >= 15 is 0 Å². The molecule has 0 unspecified atom stereocenters. The van der Waals surface area contributed by atoms with Gasteiger partial charge in [0.05, 0.1) is 16.1 Å². The van der Waals surface area contributed by atoms with E-state index in [4.69, 9.17) is 9.47 Å². The molecule has 0 aromatic rings. The van der Waals surface area contributed by atoms with Crippen LogP contribution in [0.3, 0.4) is 0 Å². The normalized spacial score (nSPS) is 11.1. The fraction of sp³-hybridized carbons (Fsp3) is 0.889. The largest absolute Gasteiger partial charge is 0.357 e. The molecule has 0 saturated heterocycles. The van der Waals surface area contributed by atoms with Gasteiger partial charge in [-0.15, -0.1) is 0 Å². The van der Waals surface area contributed by atoms with Gasteiger partial charge < -0.3 is 9.47 Å². The fourth-order valence-corrected chi connectivity index (χ4v) is 2.78. The Labute approximate surface area is 87.5 Å². The summed E-state index contributed by atoms with van der Waals surface area (Å²) in [6.07, 6.45) is 2.48. The van der Waals surface area contributed by atoms with Crippen LogP contribution in [0.1, 0.15) is 20.3 Å². The third kappa shape index (κ3) is 8.13. The smallest absolute Gasteiger partial charge is 0.234 e. The van der Waals surface area contributed by atoms with Gasteiger partial charge in [-0.05, 0) is 20.3 Å². The van der Waals surface area contributed by atoms with E-state index in [0.717, 1.165) is 12.5 Å². The molecule has 0 heterocycles. The second kappa shape index (κ2) is 10.6. The van der Waals surface area contributed by atoms with Gasteiger partial charge in [0, 0.05) is 13.2 Å². The first-order chi connectivity index (χ1) is 6.85. The molecule has 0 amide bonds. The van der Waals surface area contributed by atoms with Crippen LogP contribution < -0.4 is 0 Å². The fourth-order valence-electron chi connectivity index (χ4n) is 1.13. The first kappa shape index (κ1) is 13.5. The molecular formula is C9H19NO3Si. The van der Waals surface area contributed by atoms with Crippen LogP contribution >= 0.6 is 0 Å². The standard InChI is InChI=1S/C9H19NO3Si/c1-3-12-9(13-4-2)14-7-5-6-10-8-11/h9H,3-7,14H2,1-2H3. The Morgan fingerprint density at radius 1 is 1.36 bits per heavy atom. The number of nitrogens with zero attached hydrogens (tertiary/aromatic N) is 1. The van der Waals surface area contributed by atoms with E-state index in [0.29, 0.717) is 19.8 Å². The zero-order chi connectivity index (χ0) is 10.6. The minimum atomic E-state index is -0.359. The predicted octanol–water partition coefficient (Wildman–Crippen LogP) is 0.656. The first-order valence-corrected chi connectivity index (χ1v) is 6.93. The van der Waals surface area contributed by atoms with Crippen molar-refractivity contribution in [1.82, 2.24) is 0 Å². The highest BCUT2D eigenvalue weighted by Crippen LogP contribution is 1.99. The molecule has 0 aromatic heterocycles. The Bertz CT molecular complexity index is 165. The third-order valence-electron chi connectivity index (χ3n) is 1.73. The van der Waals surface area contributed by atoms with E-state index in [2.05, 4.69) is 4.99 Å². The molecule has 0 aliphatic heterocycles. The molecule has 0 bridgehead atoms. The number of isocyanates is 1. The van der Waals surface area contributed by atoms with Gasteiger partial charge in [-0.1, -0.05) is 6.04 Å². The quantitative estimate of drug-likeness (QED) is 0.187. The van der Waals surface area contributed by atoms with E-state index in [1.165, 1.54) is 6.08 Å². The zero-order valence-corrected chi connectivity index (χ0v) is 10.4. The van der Waals surface area contributed by atoms with E-state index in [-0.39, 0.29) is 15.4 Å². The average molecular weight is 217 g/mol. The highest BCUT2D eigenvalue weighted by molar-refractivity contribution is 6.36. The van der Waals surface area contributed by atoms with Gasteiger partial charge in [-0.3, -0.25) is 0 Å². The molecule has 0 aliphatic carbocycles. The topological polar surface area (TPSA) is 47.9 Å². The summed E-state index contributed by atoms with van der Waals surface area (Å²) in [6.45, 7) is 5.92. The van der Waals surface area contributed by atoms with E-state index in [1.807, 2.05) is 13.8 Å². The van der Waals surface area contributed by atoms with Crippen LogP contribution in [0.2, 0.25) is 6.04 Å². The monoisotopic (exact) mass is 217 g/mol. The maximum absolute atomic E-state index is 9.78.